The van der Waals surface area contributed by atoms with Gasteiger partial charge in [0.1, 0.15) is 5.75 Å². The zero-order valence-electron chi connectivity index (χ0n) is 10.7. The largest absolute Gasteiger partial charge is 0.497 e. The van der Waals surface area contributed by atoms with Gasteiger partial charge in [0, 0.05) is 36.6 Å². The standard InChI is InChI=1S/C13H17F3N2O/c1-19-12-7-10(17)6-11(8-12)18-4-2-9(3-5-18)13(14,15)16/h6-9H,2-5,17H2,1H3. The number of alkyl halides is 3. The molecular weight excluding hydrogens is 257 g/mol. The van der Waals surface area contributed by atoms with Crippen LogP contribution in [-0.4, -0.2) is 26.4 Å². The van der Waals surface area contributed by atoms with Crippen molar-refractivity contribution < 1.29 is 17.9 Å². The van der Waals surface area contributed by atoms with Crippen LogP contribution in [0, 0.1) is 5.92 Å². The Balaban J connectivity index is 2.07. The number of anilines is 2. The molecule has 1 aliphatic rings. The maximum atomic E-state index is 12.6. The summed E-state index contributed by atoms with van der Waals surface area (Å²) in [6, 6.07) is 5.24. The van der Waals surface area contributed by atoms with E-state index in [0.29, 0.717) is 24.5 Å². The summed E-state index contributed by atoms with van der Waals surface area (Å²) in [4.78, 5) is 1.92. The van der Waals surface area contributed by atoms with E-state index in [2.05, 4.69) is 0 Å². The second kappa shape index (κ2) is 5.19. The first-order valence-corrected chi connectivity index (χ1v) is 6.16. The van der Waals surface area contributed by atoms with Crippen molar-refractivity contribution in [3.05, 3.63) is 18.2 Å². The van der Waals surface area contributed by atoms with Crippen molar-refractivity contribution in [1.82, 2.24) is 0 Å². The SMILES string of the molecule is COc1cc(N)cc(N2CCC(C(F)(F)F)CC2)c1. The molecule has 1 aromatic carbocycles. The van der Waals surface area contributed by atoms with Gasteiger partial charge in [0.05, 0.1) is 13.0 Å². The lowest BCUT2D eigenvalue weighted by atomic mass is 9.96. The Morgan fingerprint density at radius 2 is 1.84 bits per heavy atom. The van der Waals surface area contributed by atoms with Crippen LogP contribution in [0.3, 0.4) is 0 Å². The Kier molecular flexibility index (Phi) is 3.78. The van der Waals surface area contributed by atoms with Gasteiger partial charge in [0.2, 0.25) is 0 Å². The summed E-state index contributed by atoms with van der Waals surface area (Å²) >= 11 is 0. The summed E-state index contributed by atoms with van der Waals surface area (Å²) in [7, 11) is 1.54. The number of benzene rings is 1. The first-order chi connectivity index (χ1) is 8.90. The third kappa shape index (κ3) is 3.24. The Labute approximate surface area is 110 Å². The van der Waals surface area contributed by atoms with Crippen molar-refractivity contribution in [1.29, 1.82) is 0 Å². The minimum atomic E-state index is -4.08. The van der Waals surface area contributed by atoms with Gasteiger partial charge < -0.3 is 15.4 Å². The number of methoxy groups -OCH3 is 1. The summed E-state index contributed by atoms with van der Waals surface area (Å²) < 4.78 is 42.9. The molecule has 6 heteroatoms. The van der Waals surface area contributed by atoms with Crippen molar-refractivity contribution in [2.45, 2.75) is 19.0 Å². The molecule has 1 aromatic rings. The molecule has 19 heavy (non-hydrogen) atoms. The highest BCUT2D eigenvalue weighted by Gasteiger charge is 2.41. The predicted octanol–water partition coefficient (Wildman–Crippen LogP) is 3.06. The van der Waals surface area contributed by atoms with E-state index in [1.807, 2.05) is 4.90 Å². The van der Waals surface area contributed by atoms with Gasteiger partial charge in [-0.25, -0.2) is 0 Å². The Morgan fingerprint density at radius 1 is 1.21 bits per heavy atom. The van der Waals surface area contributed by atoms with Crippen LogP contribution in [0.1, 0.15) is 12.8 Å². The predicted molar refractivity (Wildman–Crippen MR) is 68.4 cm³/mol. The second-order valence-electron chi connectivity index (χ2n) is 4.77. The van der Waals surface area contributed by atoms with E-state index in [4.69, 9.17) is 10.5 Å². The lowest BCUT2D eigenvalue weighted by Gasteiger charge is -2.34. The molecule has 0 saturated carbocycles. The fraction of sp³-hybridized carbons (Fsp3) is 0.538. The molecule has 0 aromatic heterocycles. The molecule has 1 aliphatic heterocycles. The molecule has 1 saturated heterocycles. The molecule has 1 fully saturated rings. The number of piperidine rings is 1. The number of ether oxygens (including phenoxy) is 1. The quantitative estimate of drug-likeness (QED) is 0.842. The Bertz CT molecular complexity index is 440. The third-order valence-corrected chi connectivity index (χ3v) is 3.47. The number of hydrogen-bond donors (Lipinski definition) is 1. The van der Waals surface area contributed by atoms with Crippen molar-refractivity contribution in [2.24, 2.45) is 5.92 Å². The monoisotopic (exact) mass is 274 g/mol. The number of halogens is 3. The van der Waals surface area contributed by atoms with Gasteiger partial charge in [-0.15, -0.1) is 0 Å². The Hall–Kier alpha value is -1.59. The molecule has 2 rings (SSSR count). The van der Waals surface area contributed by atoms with Crippen LogP contribution in [0.2, 0.25) is 0 Å². The summed E-state index contributed by atoms with van der Waals surface area (Å²) in [5.74, 6) is -0.570. The van der Waals surface area contributed by atoms with Crippen LogP contribution in [0.15, 0.2) is 18.2 Å². The van der Waals surface area contributed by atoms with E-state index in [1.165, 1.54) is 7.11 Å². The first-order valence-electron chi connectivity index (χ1n) is 6.16. The molecule has 0 radical (unpaired) electrons. The smallest absolute Gasteiger partial charge is 0.391 e. The zero-order valence-corrected chi connectivity index (χ0v) is 10.7. The fourth-order valence-electron chi connectivity index (χ4n) is 2.37. The topological polar surface area (TPSA) is 38.5 Å². The van der Waals surface area contributed by atoms with Gasteiger partial charge in [-0.2, -0.15) is 13.2 Å². The fourth-order valence-corrected chi connectivity index (χ4v) is 2.37. The average Bonchev–Trinajstić information content (AvgIpc) is 2.37. The molecule has 0 spiro atoms. The number of nitrogens with two attached hydrogens (primary N) is 1. The summed E-state index contributed by atoms with van der Waals surface area (Å²) in [5.41, 5.74) is 7.12. The van der Waals surface area contributed by atoms with E-state index < -0.39 is 12.1 Å². The van der Waals surface area contributed by atoms with Crippen LogP contribution < -0.4 is 15.4 Å². The van der Waals surface area contributed by atoms with E-state index in [-0.39, 0.29) is 12.8 Å². The minimum absolute atomic E-state index is 0.126. The van der Waals surface area contributed by atoms with Crippen LogP contribution in [-0.2, 0) is 0 Å². The molecule has 0 amide bonds. The van der Waals surface area contributed by atoms with Gasteiger partial charge in [-0.3, -0.25) is 0 Å². The van der Waals surface area contributed by atoms with Gasteiger partial charge in [-0.1, -0.05) is 0 Å². The first kappa shape index (κ1) is 13.8. The third-order valence-electron chi connectivity index (χ3n) is 3.47. The van der Waals surface area contributed by atoms with E-state index >= 15 is 0 Å². The van der Waals surface area contributed by atoms with Crippen molar-refractivity contribution in [3.8, 4) is 5.75 Å². The summed E-state index contributed by atoms with van der Waals surface area (Å²) in [5, 5.41) is 0. The van der Waals surface area contributed by atoms with Crippen molar-refractivity contribution >= 4 is 11.4 Å². The number of hydrogen-bond acceptors (Lipinski definition) is 3. The van der Waals surface area contributed by atoms with E-state index in [9.17, 15) is 13.2 Å². The molecule has 0 atom stereocenters. The summed E-state index contributed by atoms with van der Waals surface area (Å²) in [6.45, 7) is 0.771. The molecule has 0 unspecified atom stereocenters. The number of nitrogen functional groups attached to an aromatic ring is 1. The van der Waals surface area contributed by atoms with Gasteiger partial charge >= 0.3 is 6.18 Å². The summed E-state index contributed by atoms with van der Waals surface area (Å²) in [6.07, 6.45) is -3.83. The normalized spacial score (nSPS) is 17.6. The van der Waals surface area contributed by atoms with Crippen LogP contribution >= 0.6 is 0 Å². The maximum absolute atomic E-state index is 12.6. The highest BCUT2D eigenvalue weighted by molar-refractivity contribution is 5.60. The molecule has 3 nitrogen and oxygen atoms in total. The van der Waals surface area contributed by atoms with E-state index in [0.717, 1.165) is 5.69 Å². The molecule has 0 aliphatic carbocycles. The van der Waals surface area contributed by atoms with Crippen LogP contribution in [0.4, 0.5) is 24.5 Å². The lowest BCUT2D eigenvalue weighted by Crippen LogP contribution is -2.39. The average molecular weight is 274 g/mol. The Morgan fingerprint density at radius 3 is 2.37 bits per heavy atom. The van der Waals surface area contributed by atoms with Gasteiger partial charge in [-0.05, 0) is 18.9 Å². The van der Waals surface area contributed by atoms with Crippen LogP contribution in [0.5, 0.6) is 5.75 Å². The number of nitrogens with zero attached hydrogens (tertiary/aromatic N) is 1. The van der Waals surface area contributed by atoms with E-state index in [1.54, 1.807) is 18.2 Å². The molecule has 106 valence electrons. The van der Waals surface area contributed by atoms with Gasteiger partial charge in [0.15, 0.2) is 0 Å². The molecular formula is C13H17F3N2O. The van der Waals surface area contributed by atoms with Crippen LogP contribution in [0.25, 0.3) is 0 Å². The lowest BCUT2D eigenvalue weighted by molar-refractivity contribution is -0.179. The molecule has 2 N–H and O–H groups in total. The van der Waals surface area contributed by atoms with Gasteiger partial charge in [0.25, 0.3) is 0 Å². The van der Waals surface area contributed by atoms with Crippen molar-refractivity contribution in [2.75, 3.05) is 30.8 Å². The highest BCUT2D eigenvalue weighted by atomic mass is 19.4. The zero-order chi connectivity index (χ0) is 14.0. The van der Waals surface area contributed by atoms with Crippen molar-refractivity contribution in [3.63, 3.8) is 0 Å². The second-order valence-corrected chi connectivity index (χ2v) is 4.77. The maximum Gasteiger partial charge on any atom is 0.391 e. The molecule has 0 bridgehead atoms. The highest BCUT2D eigenvalue weighted by Crippen LogP contribution is 2.36. The minimum Gasteiger partial charge on any atom is -0.497 e. The number of rotatable bonds is 2. The molecule has 1 heterocycles.